The van der Waals surface area contributed by atoms with E-state index in [0.717, 1.165) is 24.7 Å². The van der Waals surface area contributed by atoms with Crippen molar-refractivity contribution in [2.75, 3.05) is 31.1 Å². The molecule has 1 aromatic heterocycles. The normalized spacial score (nSPS) is 15.4. The van der Waals surface area contributed by atoms with Crippen LogP contribution in [0.3, 0.4) is 0 Å². The fourth-order valence-corrected chi connectivity index (χ4v) is 2.55. The zero-order chi connectivity index (χ0) is 17.0. The molecule has 4 nitrogen and oxygen atoms in total. The summed E-state index contributed by atoms with van der Waals surface area (Å²) in [4.78, 5) is 6.08. The van der Waals surface area contributed by atoms with Gasteiger partial charge in [0.25, 0.3) is 0 Å². The van der Waals surface area contributed by atoms with E-state index >= 15 is 0 Å². The minimum atomic E-state index is -4.50. The molecular formula is C17H18F3N3O. The fraction of sp³-hybridized carbons (Fsp3) is 0.353. The molecule has 2 heterocycles. The van der Waals surface area contributed by atoms with Crippen LogP contribution in [0.5, 0.6) is 5.88 Å². The first-order chi connectivity index (χ1) is 11.5. The van der Waals surface area contributed by atoms with Crippen LogP contribution < -0.4 is 15.0 Å². The molecule has 0 aliphatic carbocycles. The Balaban J connectivity index is 1.85. The number of alkyl halides is 3. The van der Waals surface area contributed by atoms with Gasteiger partial charge in [-0.3, -0.25) is 0 Å². The lowest BCUT2D eigenvalue weighted by atomic mass is 10.2. The Hall–Kier alpha value is -2.28. The quantitative estimate of drug-likeness (QED) is 0.930. The molecule has 0 radical (unpaired) electrons. The van der Waals surface area contributed by atoms with Gasteiger partial charge in [-0.2, -0.15) is 18.2 Å². The zero-order valence-electron chi connectivity index (χ0n) is 13.0. The van der Waals surface area contributed by atoms with Gasteiger partial charge in [0.15, 0.2) is 0 Å². The first kappa shape index (κ1) is 16.6. The Morgan fingerprint density at radius 3 is 2.42 bits per heavy atom. The summed E-state index contributed by atoms with van der Waals surface area (Å²) in [7, 11) is 0. The smallest absolute Gasteiger partial charge is 0.421 e. The molecule has 2 aromatic rings. The van der Waals surface area contributed by atoms with Gasteiger partial charge in [0.1, 0.15) is 18.0 Å². The summed E-state index contributed by atoms with van der Waals surface area (Å²) in [5, 5.41) is 3.20. The van der Waals surface area contributed by atoms with Gasteiger partial charge in [-0.1, -0.05) is 30.3 Å². The predicted octanol–water partition coefficient (Wildman–Crippen LogP) is 3.09. The molecule has 0 saturated carbocycles. The van der Waals surface area contributed by atoms with Crippen LogP contribution in [0.25, 0.3) is 0 Å². The molecule has 128 valence electrons. The molecule has 0 bridgehead atoms. The number of anilines is 1. The van der Waals surface area contributed by atoms with Crippen molar-refractivity contribution >= 4 is 5.82 Å². The summed E-state index contributed by atoms with van der Waals surface area (Å²) < 4.78 is 45.0. The molecule has 1 aromatic carbocycles. The molecule has 7 heteroatoms. The zero-order valence-corrected chi connectivity index (χ0v) is 13.0. The number of hydrogen-bond acceptors (Lipinski definition) is 4. The third-order valence-electron chi connectivity index (χ3n) is 3.81. The van der Waals surface area contributed by atoms with Crippen molar-refractivity contribution in [3.63, 3.8) is 0 Å². The van der Waals surface area contributed by atoms with E-state index in [1.807, 2.05) is 23.1 Å². The van der Waals surface area contributed by atoms with E-state index in [1.54, 1.807) is 12.1 Å². The molecule has 1 fully saturated rings. The number of aromatic nitrogens is 1. The molecule has 1 N–H and O–H groups in total. The van der Waals surface area contributed by atoms with Gasteiger partial charge in [0.05, 0.1) is 0 Å². The van der Waals surface area contributed by atoms with E-state index in [2.05, 4.69) is 10.3 Å². The number of benzene rings is 1. The van der Waals surface area contributed by atoms with Crippen molar-refractivity contribution in [3.8, 4) is 5.88 Å². The maximum atomic E-state index is 13.2. The topological polar surface area (TPSA) is 37.4 Å². The van der Waals surface area contributed by atoms with E-state index in [-0.39, 0.29) is 12.5 Å². The molecule has 0 atom stereocenters. The number of nitrogens with zero attached hydrogens (tertiary/aromatic N) is 2. The fourth-order valence-electron chi connectivity index (χ4n) is 2.55. The highest BCUT2D eigenvalue weighted by Crippen LogP contribution is 2.36. The lowest BCUT2D eigenvalue weighted by Crippen LogP contribution is -2.43. The lowest BCUT2D eigenvalue weighted by Gasteiger charge is -2.29. The first-order valence-electron chi connectivity index (χ1n) is 7.75. The van der Waals surface area contributed by atoms with Gasteiger partial charge in [-0.15, -0.1) is 0 Å². The third-order valence-corrected chi connectivity index (χ3v) is 3.81. The number of nitrogens with one attached hydrogen (secondary N) is 1. The summed E-state index contributed by atoms with van der Waals surface area (Å²) in [5.41, 5.74) is -0.0580. The van der Waals surface area contributed by atoms with Crippen molar-refractivity contribution in [2.24, 2.45) is 0 Å². The van der Waals surface area contributed by atoms with E-state index in [0.29, 0.717) is 18.9 Å². The molecule has 0 amide bonds. The second-order valence-corrected chi connectivity index (χ2v) is 5.53. The van der Waals surface area contributed by atoms with Crippen LogP contribution in [0.4, 0.5) is 19.0 Å². The second-order valence-electron chi connectivity index (χ2n) is 5.53. The lowest BCUT2D eigenvalue weighted by molar-refractivity contribution is -0.139. The van der Waals surface area contributed by atoms with Crippen molar-refractivity contribution in [2.45, 2.75) is 12.8 Å². The molecular weight excluding hydrogens is 319 g/mol. The van der Waals surface area contributed by atoms with Crippen molar-refractivity contribution in [1.29, 1.82) is 0 Å². The largest absolute Gasteiger partial charge is 0.472 e. The molecule has 24 heavy (non-hydrogen) atoms. The van der Waals surface area contributed by atoms with Gasteiger partial charge in [-0.25, -0.2) is 0 Å². The third kappa shape index (κ3) is 3.97. The highest BCUT2D eigenvalue weighted by atomic mass is 19.4. The highest BCUT2D eigenvalue weighted by molar-refractivity contribution is 5.45. The number of ether oxygens (including phenoxy) is 1. The van der Waals surface area contributed by atoms with Gasteiger partial charge in [-0.05, 0) is 17.7 Å². The van der Waals surface area contributed by atoms with Crippen LogP contribution >= 0.6 is 0 Å². The first-order valence-corrected chi connectivity index (χ1v) is 7.75. The number of hydrogen-bond donors (Lipinski definition) is 1. The minimum absolute atomic E-state index is 0.0436. The molecule has 1 aliphatic rings. The Kier molecular flexibility index (Phi) is 4.89. The van der Waals surface area contributed by atoms with Crippen LogP contribution in [0, 0.1) is 0 Å². The van der Waals surface area contributed by atoms with Crippen LogP contribution in [0.1, 0.15) is 11.1 Å². The Morgan fingerprint density at radius 1 is 1.04 bits per heavy atom. The maximum absolute atomic E-state index is 13.2. The van der Waals surface area contributed by atoms with Crippen LogP contribution in [0.2, 0.25) is 0 Å². The SMILES string of the molecule is FC(F)(F)c1ccc(N2CCNCC2)nc1OCc1ccccc1. The average Bonchev–Trinajstić information content (AvgIpc) is 2.60. The molecule has 0 spiro atoms. The Morgan fingerprint density at radius 2 is 1.75 bits per heavy atom. The van der Waals surface area contributed by atoms with Gasteiger partial charge in [0, 0.05) is 26.2 Å². The van der Waals surface area contributed by atoms with E-state index in [9.17, 15) is 13.2 Å². The minimum Gasteiger partial charge on any atom is -0.472 e. The van der Waals surface area contributed by atoms with E-state index in [1.165, 1.54) is 6.07 Å². The number of halogens is 3. The van der Waals surface area contributed by atoms with E-state index in [4.69, 9.17) is 4.74 Å². The number of piperazine rings is 1. The Labute approximate surface area is 138 Å². The van der Waals surface area contributed by atoms with Crippen LogP contribution in [-0.4, -0.2) is 31.2 Å². The van der Waals surface area contributed by atoms with E-state index < -0.39 is 11.7 Å². The van der Waals surface area contributed by atoms with Crippen LogP contribution in [-0.2, 0) is 12.8 Å². The number of rotatable bonds is 4. The molecule has 1 aliphatic heterocycles. The maximum Gasteiger partial charge on any atom is 0.421 e. The summed E-state index contributed by atoms with van der Waals surface area (Å²) in [6.45, 7) is 3.01. The summed E-state index contributed by atoms with van der Waals surface area (Å²) >= 11 is 0. The molecule has 3 rings (SSSR count). The average molecular weight is 337 g/mol. The monoisotopic (exact) mass is 337 g/mol. The molecule has 1 saturated heterocycles. The standard InChI is InChI=1S/C17H18F3N3O/c18-17(19,20)14-6-7-15(23-10-8-21-9-11-23)22-16(14)24-12-13-4-2-1-3-5-13/h1-7,21H,8-12H2. The summed E-state index contributed by atoms with van der Waals surface area (Å²) in [5.74, 6) is 0.134. The van der Waals surface area contributed by atoms with Crippen LogP contribution in [0.15, 0.2) is 42.5 Å². The van der Waals surface area contributed by atoms with Gasteiger partial charge in [0.2, 0.25) is 5.88 Å². The number of pyridine rings is 1. The van der Waals surface area contributed by atoms with Crippen molar-refractivity contribution < 1.29 is 17.9 Å². The molecule has 0 unspecified atom stereocenters. The second kappa shape index (κ2) is 7.09. The van der Waals surface area contributed by atoms with Crippen molar-refractivity contribution in [1.82, 2.24) is 10.3 Å². The Bertz CT molecular complexity index is 671. The summed E-state index contributed by atoms with van der Waals surface area (Å²) in [6, 6.07) is 11.5. The predicted molar refractivity (Wildman–Crippen MR) is 85.1 cm³/mol. The summed E-state index contributed by atoms with van der Waals surface area (Å²) in [6.07, 6.45) is -4.50. The van der Waals surface area contributed by atoms with Crippen molar-refractivity contribution in [3.05, 3.63) is 53.6 Å². The van der Waals surface area contributed by atoms with Gasteiger partial charge < -0.3 is 15.0 Å². The van der Waals surface area contributed by atoms with Gasteiger partial charge >= 0.3 is 6.18 Å². The highest BCUT2D eigenvalue weighted by Gasteiger charge is 2.36.